The van der Waals surface area contributed by atoms with E-state index in [9.17, 15) is 8.42 Å². The minimum absolute atomic E-state index is 0.260. The van der Waals surface area contributed by atoms with Crippen molar-refractivity contribution in [1.82, 2.24) is 0 Å². The zero-order valence-corrected chi connectivity index (χ0v) is 10.2. The van der Waals surface area contributed by atoms with Crippen molar-refractivity contribution >= 4 is 9.84 Å². The molecule has 2 heterocycles. The molecule has 1 aromatic rings. The summed E-state index contributed by atoms with van der Waals surface area (Å²) in [4.78, 5) is 0.477. The van der Waals surface area contributed by atoms with Gasteiger partial charge in [0.05, 0.1) is 23.9 Å². The molecule has 0 saturated carbocycles. The van der Waals surface area contributed by atoms with Crippen LogP contribution in [0.4, 0.5) is 0 Å². The molecule has 17 heavy (non-hydrogen) atoms. The predicted octanol–water partition coefficient (Wildman–Crippen LogP) is 1.45. The van der Waals surface area contributed by atoms with E-state index in [0.29, 0.717) is 24.5 Å². The van der Waals surface area contributed by atoms with E-state index in [4.69, 9.17) is 9.47 Å². The molecule has 0 spiro atoms. The maximum absolute atomic E-state index is 11.8. The minimum Gasteiger partial charge on any atom is -0.346 e. The Morgan fingerprint density at radius 2 is 1.94 bits per heavy atom. The van der Waals surface area contributed by atoms with Crippen LogP contribution in [0.15, 0.2) is 23.1 Å². The Morgan fingerprint density at radius 1 is 1.18 bits per heavy atom. The fraction of sp³-hybridized carbons (Fsp3) is 0.500. The van der Waals surface area contributed by atoms with E-state index in [2.05, 4.69) is 0 Å². The summed E-state index contributed by atoms with van der Waals surface area (Å²) >= 11 is 0. The number of ether oxygens (including phenoxy) is 2. The normalized spacial score (nSPS) is 23.5. The Hall–Kier alpha value is -0.910. The van der Waals surface area contributed by atoms with Crippen molar-refractivity contribution in [2.45, 2.75) is 24.0 Å². The molecule has 1 saturated heterocycles. The molecule has 1 fully saturated rings. The van der Waals surface area contributed by atoms with E-state index >= 15 is 0 Å². The van der Waals surface area contributed by atoms with Crippen LogP contribution in [-0.2, 0) is 25.7 Å². The Labute approximate surface area is 100 Å². The summed E-state index contributed by atoms with van der Waals surface area (Å²) in [5.74, 6) is 0.260. The van der Waals surface area contributed by atoms with Gasteiger partial charge >= 0.3 is 0 Å². The number of fused-ring (bicyclic) bond motifs is 1. The third-order valence-corrected chi connectivity index (χ3v) is 5.07. The summed E-state index contributed by atoms with van der Waals surface area (Å²) in [5, 5.41) is 0. The first kappa shape index (κ1) is 11.2. The van der Waals surface area contributed by atoms with Gasteiger partial charge in [0.25, 0.3) is 0 Å². The maximum atomic E-state index is 11.8. The van der Waals surface area contributed by atoms with Gasteiger partial charge in [-0.25, -0.2) is 8.42 Å². The molecule has 3 rings (SSSR count). The number of hydrogen-bond donors (Lipinski definition) is 0. The van der Waals surface area contributed by atoms with Crippen molar-refractivity contribution in [3.63, 3.8) is 0 Å². The molecular weight excluding hydrogens is 240 g/mol. The van der Waals surface area contributed by atoms with Crippen LogP contribution < -0.4 is 0 Å². The fourth-order valence-electron chi connectivity index (χ4n) is 2.36. The van der Waals surface area contributed by atoms with Gasteiger partial charge in [0.1, 0.15) is 0 Å². The highest BCUT2D eigenvalue weighted by molar-refractivity contribution is 7.91. The van der Waals surface area contributed by atoms with Gasteiger partial charge in [0, 0.05) is 5.56 Å². The van der Waals surface area contributed by atoms with Gasteiger partial charge in [-0.05, 0) is 30.5 Å². The van der Waals surface area contributed by atoms with E-state index < -0.39 is 9.84 Å². The molecule has 1 aromatic carbocycles. The van der Waals surface area contributed by atoms with Crippen molar-refractivity contribution in [2.24, 2.45) is 0 Å². The van der Waals surface area contributed by atoms with Gasteiger partial charge in [-0.15, -0.1) is 0 Å². The van der Waals surface area contributed by atoms with E-state index in [0.717, 1.165) is 17.5 Å². The van der Waals surface area contributed by atoms with Gasteiger partial charge in [0.15, 0.2) is 16.1 Å². The van der Waals surface area contributed by atoms with Crippen LogP contribution in [0.3, 0.4) is 0 Å². The number of hydrogen-bond acceptors (Lipinski definition) is 4. The highest BCUT2D eigenvalue weighted by Gasteiger charge is 2.26. The average molecular weight is 254 g/mol. The molecule has 2 aliphatic rings. The SMILES string of the molecule is O=S1(=O)CCCc2cc(C3OCCO3)ccc21. The number of rotatable bonds is 1. The molecule has 0 bridgehead atoms. The quantitative estimate of drug-likeness (QED) is 0.761. The standard InChI is InChI=1S/C12H14O4S/c13-17(14)7-1-2-9-8-10(3-4-11(9)17)12-15-5-6-16-12/h3-4,8,12H,1-2,5-7H2. The van der Waals surface area contributed by atoms with E-state index in [-0.39, 0.29) is 12.0 Å². The molecule has 5 heteroatoms. The average Bonchev–Trinajstić information content (AvgIpc) is 2.81. The van der Waals surface area contributed by atoms with Gasteiger partial charge in [-0.2, -0.15) is 0 Å². The Kier molecular flexibility index (Phi) is 2.69. The first-order valence-corrected chi connectivity index (χ1v) is 7.41. The lowest BCUT2D eigenvalue weighted by Gasteiger charge is -2.18. The zero-order valence-electron chi connectivity index (χ0n) is 9.39. The summed E-state index contributed by atoms with van der Waals surface area (Å²) < 4.78 is 34.5. The lowest BCUT2D eigenvalue weighted by molar-refractivity contribution is -0.0442. The molecule has 92 valence electrons. The van der Waals surface area contributed by atoms with Crippen molar-refractivity contribution in [1.29, 1.82) is 0 Å². The second-order valence-corrected chi connectivity index (χ2v) is 6.44. The van der Waals surface area contributed by atoms with Gasteiger partial charge in [-0.3, -0.25) is 0 Å². The first-order valence-electron chi connectivity index (χ1n) is 5.76. The first-order chi connectivity index (χ1) is 8.17. The van der Waals surface area contributed by atoms with Crippen LogP contribution in [0.5, 0.6) is 0 Å². The second kappa shape index (κ2) is 4.08. The molecule has 4 nitrogen and oxygen atoms in total. The van der Waals surface area contributed by atoms with Gasteiger partial charge in [-0.1, -0.05) is 6.07 Å². The van der Waals surface area contributed by atoms with Crippen LogP contribution in [0.25, 0.3) is 0 Å². The van der Waals surface area contributed by atoms with Gasteiger partial charge < -0.3 is 9.47 Å². The Morgan fingerprint density at radius 3 is 2.71 bits per heavy atom. The fourth-order valence-corrected chi connectivity index (χ4v) is 3.94. The minimum atomic E-state index is -3.06. The largest absolute Gasteiger partial charge is 0.346 e. The third kappa shape index (κ3) is 1.99. The lowest BCUT2D eigenvalue weighted by atomic mass is 10.1. The Balaban J connectivity index is 2.01. The smallest absolute Gasteiger partial charge is 0.184 e. The number of benzene rings is 1. The van der Waals surface area contributed by atoms with Crippen LogP contribution in [0.2, 0.25) is 0 Å². The zero-order chi connectivity index (χ0) is 11.9. The van der Waals surface area contributed by atoms with Crippen molar-refractivity contribution in [2.75, 3.05) is 19.0 Å². The summed E-state index contributed by atoms with van der Waals surface area (Å²) in [6.45, 7) is 1.19. The molecule has 0 unspecified atom stereocenters. The number of aryl methyl sites for hydroxylation is 1. The summed E-state index contributed by atoms with van der Waals surface area (Å²) in [7, 11) is -3.06. The topological polar surface area (TPSA) is 52.6 Å². The molecular formula is C12H14O4S. The summed E-state index contributed by atoms with van der Waals surface area (Å²) in [6, 6.07) is 5.38. The van der Waals surface area contributed by atoms with Crippen molar-refractivity contribution < 1.29 is 17.9 Å². The van der Waals surface area contributed by atoms with Crippen LogP contribution in [-0.4, -0.2) is 27.4 Å². The molecule has 0 N–H and O–H groups in total. The molecule has 0 atom stereocenters. The summed E-state index contributed by atoms with van der Waals surface area (Å²) in [6.07, 6.45) is 1.19. The summed E-state index contributed by atoms with van der Waals surface area (Å²) in [5.41, 5.74) is 1.81. The predicted molar refractivity (Wildman–Crippen MR) is 61.5 cm³/mol. The molecule has 0 aliphatic carbocycles. The van der Waals surface area contributed by atoms with Crippen molar-refractivity contribution in [3.8, 4) is 0 Å². The highest BCUT2D eigenvalue weighted by atomic mass is 32.2. The third-order valence-electron chi connectivity index (χ3n) is 3.17. The van der Waals surface area contributed by atoms with E-state index in [1.54, 1.807) is 12.1 Å². The molecule has 0 amide bonds. The monoisotopic (exact) mass is 254 g/mol. The number of sulfone groups is 1. The van der Waals surface area contributed by atoms with Crippen LogP contribution in [0.1, 0.15) is 23.8 Å². The maximum Gasteiger partial charge on any atom is 0.184 e. The van der Waals surface area contributed by atoms with Crippen LogP contribution in [0, 0.1) is 0 Å². The van der Waals surface area contributed by atoms with E-state index in [1.807, 2.05) is 6.07 Å². The molecule has 0 radical (unpaired) electrons. The Bertz CT molecular complexity index is 529. The lowest BCUT2D eigenvalue weighted by Crippen LogP contribution is -2.16. The molecule has 2 aliphatic heterocycles. The molecule has 0 aromatic heterocycles. The van der Waals surface area contributed by atoms with E-state index in [1.165, 1.54) is 0 Å². The van der Waals surface area contributed by atoms with Gasteiger partial charge in [0.2, 0.25) is 0 Å². The van der Waals surface area contributed by atoms with Crippen LogP contribution >= 0.6 is 0 Å². The second-order valence-electron chi connectivity index (χ2n) is 4.36. The van der Waals surface area contributed by atoms with Crippen molar-refractivity contribution in [3.05, 3.63) is 29.3 Å². The highest BCUT2D eigenvalue weighted by Crippen LogP contribution is 2.30.